The van der Waals surface area contributed by atoms with Crippen molar-refractivity contribution in [3.05, 3.63) is 131 Å². The lowest BCUT2D eigenvalue weighted by molar-refractivity contribution is 0.184. The quantitative estimate of drug-likeness (QED) is 0.0929. The number of aromatic nitrogens is 4. The van der Waals surface area contributed by atoms with Gasteiger partial charge in [0, 0.05) is 48.5 Å². The normalized spacial score (nSPS) is 11.1. The molecule has 5 aromatic rings. The smallest absolute Gasteiger partial charge is 0.213 e. The van der Waals surface area contributed by atoms with Gasteiger partial charge in [0.25, 0.3) is 0 Å². The number of benzene rings is 1. The van der Waals surface area contributed by atoms with Crippen LogP contribution < -0.4 is 19.5 Å². The highest BCUT2D eigenvalue weighted by Crippen LogP contribution is 2.21. The summed E-state index contributed by atoms with van der Waals surface area (Å²) in [4.78, 5) is 17.6. The molecule has 0 radical (unpaired) electrons. The Balaban J connectivity index is 0.000000429. The Kier molecular flexibility index (Phi) is 30.1. The van der Waals surface area contributed by atoms with Crippen molar-refractivity contribution in [2.75, 3.05) is 18.5 Å². The van der Waals surface area contributed by atoms with Gasteiger partial charge in [0.1, 0.15) is 5.82 Å². The number of pyridine rings is 4. The largest absolute Gasteiger partial charge is 0.477 e. The molecule has 8 nitrogen and oxygen atoms in total. The summed E-state index contributed by atoms with van der Waals surface area (Å²) in [5.41, 5.74) is 6.35. The van der Waals surface area contributed by atoms with Crippen LogP contribution in [0.4, 0.5) is 5.82 Å². The molecular weight excluding hydrogens is 839 g/mol. The number of hydrogen-bond donors (Lipinski definition) is 1. The molecule has 0 amide bonds. The Morgan fingerprint density at radius 3 is 1.31 bits per heavy atom. The molecule has 0 saturated heterocycles. The Labute approximate surface area is 416 Å². The van der Waals surface area contributed by atoms with Crippen molar-refractivity contribution >= 4 is 5.82 Å². The molecule has 8 heteroatoms. The van der Waals surface area contributed by atoms with Gasteiger partial charge in [-0.1, -0.05) is 186 Å². The number of rotatable bonds is 18. The molecule has 0 fully saturated rings. The van der Waals surface area contributed by atoms with Crippen LogP contribution in [0, 0.1) is 11.3 Å². The van der Waals surface area contributed by atoms with Crippen molar-refractivity contribution in [2.24, 2.45) is 11.3 Å². The summed E-state index contributed by atoms with van der Waals surface area (Å²) in [5.74, 6) is 6.52. The van der Waals surface area contributed by atoms with Crippen LogP contribution in [0.15, 0.2) is 103 Å². The molecule has 0 unspecified atom stereocenters. The van der Waals surface area contributed by atoms with Crippen LogP contribution in [-0.4, -0.2) is 45.3 Å². The van der Waals surface area contributed by atoms with E-state index in [-0.39, 0.29) is 5.41 Å². The van der Waals surface area contributed by atoms with Crippen molar-refractivity contribution in [3.8, 4) is 17.6 Å². The minimum Gasteiger partial charge on any atom is -0.477 e. The summed E-state index contributed by atoms with van der Waals surface area (Å²) < 4.78 is 17.1. The van der Waals surface area contributed by atoms with Gasteiger partial charge in [0.15, 0.2) is 0 Å². The van der Waals surface area contributed by atoms with Crippen LogP contribution >= 0.6 is 0 Å². The predicted molar refractivity (Wildman–Crippen MR) is 292 cm³/mol. The Hall–Kier alpha value is -4.98. The topological polar surface area (TPSA) is 91.3 Å². The molecule has 0 saturated carbocycles. The van der Waals surface area contributed by atoms with Crippen LogP contribution in [-0.2, 0) is 0 Å². The Bertz CT molecular complexity index is 1980. The van der Waals surface area contributed by atoms with E-state index in [1.54, 1.807) is 0 Å². The third kappa shape index (κ3) is 27.1. The van der Waals surface area contributed by atoms with E-state index in [0.29, 0.717) is 60.2 Å². The second-order valence-electron chi connectivity index (χ2n) is 20.6. The van der Waals surface area contributed by atoms with Gasteiger partial charge in [0.05, 0.1) is 18.8 Å². The zero-order valence-electron chi connectivity index (χ0n) is 46.2. The van der Waals surface area contributed by atoms with Crippen molar-refractivity contribution in [1.29, 1.82) is 0 Å². The van der Waals surface area contributed by atoms with E-state index in [2.05, 4.69) is 205 Å². The maximum Gasteiger partial charge on any atom is 0.213 e. The zero-order chi connectivity index (χ0) is 51.2. The summed E-state index contributed by atoms with van der Waals surface area (Å²) in [6, 6.07) is 30.8. The molecule has 0 aliphatic rings. The second kappa shape index (κ2) is 33.5. The number of nitrogens with zero attached hydrogens (tertiary/aromatic N) is 4. The van der Waals surface area contributed by atoms with Crippen molar-refractivity contribution in [1.82, 2.24) is 19.9 Å². The number of ether oxygens (including phenoxy) is 3. The van der Waals surface area contributed by atoms with Crippen molar-refractivity contribution in [3.63, 3.8) is 0 Å². The Morgan fingerprint density at radius 2 is 0.912 bits per heavy atom. The van der Waals surface area contributed by atoms with E-state index < -0.39 is 0 Å². The minimum atomic E-state index is 0.179. The number of hydrogen-bond acceptors (Lipinski definition) is 8. The molecule has 378 valence electrons. The van der Waals surface area contributed by atoms with E-state index in [4.69, 9.17) is 14.2 Å². The van der Waals surface area contributed by atoms with Crippen LogP contribution in [0.5, 0.6) is 17.6 Å². The summed E-state index contributed by atoms with van der Waals surface area (Å²) in [6.45, 7) is 42.7. The third-order valence-corrected chi connectivity index (χ3v) is 10.8. The Morgan fingerprint density at radius 1 is 0.456 bits per heavy atom. The first-order valence-electron chi connectivity index (χ1n) is 25.7. The monoisotopic (exact) mass is 934 g/mol. The number of nitrogens with one attached hydrogen (secondary N) is 1. The van der Waals surface area contributed by atoms with Crippen LogP contribution in [0.2, 0.25) is 0 Å². The maximum absolute atomic E-state index is 5.79. The maximum atomic E-state index is 5.79. The van der Waals surface area contributed by atoms with Crippen molar-refractivity contribution < 1.29 is 14.2 Å². The van der Waals surface area contributed by atoms with E-state index >= 15 is 0 Å². The second-order valence-corrected chi connectivity index (χ2v) is 20.6. The minimum absolute atomic E-state index is 0.179. The predicted octanol–water partition coefficient (Wildman–Crippen LogP) is 17.3. The van der Waals surface area contributed by atoms with E-state index in [0.717, 1.165) is 61.2 Å². The highest BCUT2D eigenvalue weighted by molar-refractivity contribution is 5.36. The molecule has 0 atom stereocenters. The molecule has 0 aliphatic carbocycles. The van der Waals surface area contributed by atoms with Gasteiger partial charge >= 0.3 is 0 Å². The summed E-state index contributed by atoms with van der Waals surface area (Å²) in [5, 5.41) is 3.33. The van der Waals surface area contributed by atoms with Gasteiger partial charge in [-0.15, -0.1) is 0 Å². The molecule has 4 aromatic heterocycles. The molecular formula is C60H95N5O3. The molecule has 5 rings (SSSR count). The molecule has 4 heterocycles. The van der Waals surface area contributed by atoms with Crippen molar-refractivity contribution in [2.45, 2.75) is 199 Å². The van der Waals surface area contributed by atoms with Gasteiger partial charge in [-0.05, 0) is 101 Å². The molecule has 0 spiro atoms. The molecule has 0 bridgehead atoms. The lowest BCUT2D eigenvalue weighted by Gasteiger charge is -2.18. The summed E-state index contributed by atoms with van der Waals surface area (Å²) in [7, 11) is 0. The average Bonchev–Trinajstić information content (AvgIpc) is 3.32. The standard InChI is InChI=1S/3C13H21NO.C12H20N2.C9H12/c1-10(2)11-6-7-12(14-8-11)15-9-13(3,4)5;1-5-12(6-2)15-13-8-7-11(9-14-13)10(3)4;1-5-11(6-2)15-13-9-7-8-12(14-13)10(3)4;1-9(2)8-13-12-7-5-6-11(14-12)10(3)4;1-8(2)9-6-4-3-5-7-9/h6-8,10H,9H2,1-5H3;7-10,12H,5-6H2,1-4H3;7-11H,5-6H2,1-4H3;5-7,9-10H,8H2,1-4H3,(H,13,14);3-8H,1-2H3. The zero-order valence-corrected chi connectivity index (χ0v) is 46.2. The molecule has 68 heavy (non-hydrogen) atoms. The van der Waals surface area contributed by atoms with Gasteiger partial charge in [-0.3, -0.25) is 0 Å². The van der Waals surface area contributed by atoms with Gasteiger partial charge in [-0.2, -0.15) is 0 Å². The molecule has 1 N–H and O–H groups in total. The van der Waals surface area contributed by atoms with Crippen LogP contribution in [0.1, 0.15) is 215 Å². The molecule has 1 aromatic carbocycles. The fourth-order valence-electron chi connectivity index (χ4n) is 6.00. The fourth-order valence-corrected chi connectivity index (χ4v) is 6.00. The van der Waals surface area contributed by atoms with E-state index in [9.17, 15) is 0 Å². The lowest BCUT2D eigenvalue weighted by atomic mass is 9.99. The summed E-state index contributed by atoms with van der Waals surface area (Å²) in [6.07, 6.45) is 8.51. The fraction of sp³-hybridized carbons (Fsp3) is 0.567. The van der Waals surface area contributed by atoms with Gasteiger partial charge < -0.3 is 19.5 Å². The van der Waals surface area contributed by atoms with Gasteiger partial charge in [0.2, 0.25) is 17.6 Å². The first kappa shape index (κ1) is 61.0. The highest BCUT2D eigenvalue weighted by Gasteiger charge is 2.12. The van der Waals surface area contributed by atoms with Crippen LogP contribution in [0.25, 0.3) is 0 Å². The lowest BCUT2D eigenvalue weighted by Crippen LogP contribution is -2.17. The summed E-state index contributed by atoms with van der Waals surface area (Å²) >= 11 is 0. The first-order chi connectivity index (χ1) is 32.1. The number of anilines is 1. The third-order valence-electron chi connectivity index (χ3n) is 10.8. The van der Waals surface area contributed by atoms with Crippen LogP contribution in [0.3, 0.4) is 0 Å². The SMILES string of the molecule is CC(C)CNc1cccc(C(C)C)n1.CC(C)c1ccc(OCC(C)(C)C)nc1.CC(C)c1ccccc1.CCC(CC)Oc1ccc(C(C)C)cn1.CCC(CC)Oc1cccc(C(C)C)n1. The van der Waals surface area contributed by atoms with E-state index in [1.165, 1.54) is 16.7 Å². The van der Waals surface area contributed by atoms with Gasteiger partial charge in [-0.25, -0.2) is 19.9 Å². The average molecular weight is 934 g/mol. The first-order valence-corrected chi connectivity index (χ1v) is 25.7. The van der Waals surface area contributed by atoms with E-state index in [1.807, 2.05) is 54.9 Å². The molecule has 0 aliphatic heterocycles. The highest BCUT2D eigenvalue weighted by atomic mass is 16.5.